The number of halogens is 1. The van der Waals surface area contributed by atoms with E-state index < -0.39 is 8.32 Å². The first-order valence-corrected chi connectivity index (χ1v) is 15.5. The Labute approximate surface area is 222 Å². The predicted octanol–water partition coefficient (Wildman–Crippen LogP) is 6.79. The summed E-state index contributed by atoms with van der Waals surface area (Å²) in [6.07, 6.45) is 17.4. The Morgan fingerprint density at radius 3 is 2.17 bits per heavy atom. The Morgan fingerprint density at radius 2 is 1.66 bits per heavy atom. The molecular formula is C31H39BrO2Si. The number of hydrogen-bond acceptors (Lipinski definition) is 2. The van der Waals surface area contributed by atoms with Gasteiger partial charge in [-0.2, -0.15) is 0 Å². The lowest BCUT2D eigenvalue weighted by Gasteiger charge is -2.45. The third-order valence-electron chi connectivity index (χ3n) is 6.72. The van der Waals surface area contributed by atoms with Gasteiger partial charge in [-0.05, 0) is 40.8 Å². The fourth-order valence-corrected chi connectivity index (χ4v) is 10.3. The minimum atomic E-state index is -2.67. The SMILES string of the molecule is C#C/C=C/C[C@H]1O[C@@H]([C@H](Br)C/C=C/CC)C[C@@H]1O[Si](c1ccccc1)(c1ccccc1)C(C)(C)C. The molecule has 186 valence electrons. The van der Waals surface area contributed by atoms with Crippen LogP contribution in [0, 0.1) is 12.3 Å². The molecule has 1 fully saturated rings. The molecule has 0 N–H and O–H groups in total. The van der Waals surface area contributed by atoms with E-state index in [4.69, 9.17) is 15.6 Å². The Balaban J connectivity index is 2.02. The number of ether oxygens (including phenoxy) is 1. The Hall–Kier alpha value is -1.90. The van der Waals surface area contributed by atoms with Crippen molar-refractivity contribution in [3.63, 3.8) is 0 Å². The molecular weight excluding hydrogens is 512 g/mol. The number of allylic oxidation sites excluding steroid dienone is 3. The molecule has 1 aliphatic heterocycles. The topological polar surface area (TPSA) is 18.5 Å². The summed E-state index contributed by atoms with van der Waals surface area (Å²) in [6.45, 7) is 9.13. The summed E-state index contributed by atoms with van der Waals surface area (Å²) in [7, 11) is -2.67. The van der Waals surface area contributed by atoms with E-state index in [1.54, 1.807) is 6.08 Å². The normalized spacial score (nSPS) is 22.0. The smallest absolute Gasteiger partial charge is 0.261 e. The molecule has 0 saturated carbocycles. The van der Waals surface area contributed by atoms with Gasteiger partial charge in [0.05, 0.1) is 18.3 Å². The Kier molecular flexibility index (Phi) is 10.2. The van der Waals surface area contributed by atoms with Crippen LogP contribution >= 0.6 is 15.9 Å². The van der Waals surface area contributed by atoms with E-state index in [2.05, 4.69) is 122 Å². The van der Waals surface area contributed by atoms with Gasteiger partial charge in [-0.15, -0.1) is 6.42 Å². The maximum absolute atomic E-state index is 7.47. The lowest BCUT2D eigenvalue weighted by molar-refractivity contribution is 0.0170. The Bertz CT molecular complexity index is 964. The van der Waals surface area contributed by atoms with Gasteiger partial charge in [-0.25, -0.2) is 0 Å². The lowest BCUT2D eigenvalue weighted by atomic mass is 10.1. The largest absolute Gasteiger partial charge is 0.402 e. The quantitative estimate of drug-likeness (QED) is 0.140. The minimum absolute atomic E-state index is 0.0241. The van der Waals surface area contributed by atoms with Crippen LogP contribution in [0.25, 0.3) is 0 Å². The van der Waals surface area contributed by atoms with Gasteiger partial charge in [0.2, 0.25) is 0 Å². The van der Waals surface area contributed by atoms with E-state index in [1.165, 1.54) is 10.4 Å². The van der Waals surface area contributed by atoms with Crippen LogP contribution < -0.4 is 10.4 Å². The van der Waals surface area contributed by atoms with Crippen molar-refractivity contribution in [2.24, 2.45) is 0 Å². The highest BCUT2D eigenvalue weighted by Crippen LogP contribution is 2.41. The monoisotopic (exact) mass is 550 g/mol. The third kappa shape index (κ3) is 6.65. The maximum atomic E-state index is 7.47. The highest BCUT2D eigenvalue weighted by Gasteiger charge is 2.53. The summed E-state index contributed by atoms with van der Waals surface area (Å²) < 4.78 is 14.1. The van der Waals surface area contributed by atoms with E-state index in [9.17, 15) is 0 Å². The zero-order chi connectivity index (χ0) is 25.3. The van der Waals surface area contributed by atoms with Crippen LogP contribution in [0.1, 0.15) is 53.4 Å². The zero-order valence-corrected chi connectivity index (χ0v) is 24.1. The average Bonchev–Trinajstić information content (AvgIpc) is 3.25. The van der Waals surface area contributed by atoms with E-state index in [1.807, 2.05) is 6.08 Å². The fraction of sp³-hybridized carbons (Fsp3) is 0.419. The molecule has 2 nitrogen and oxygen atoms in total. The van der Waals surface area contributed by atoms with Gasteiger partial charge in [0, 0.05) is 11.2 Å². The van der Waals surface area contributed by atoms with Gasteiger partial charge in [0.15, 0.2) is 0 Å². The van der Waals surface area contributed by atoms with Gasteiger partial charge < -0.3 is 9.16 Å². The predicted molar refractivity (Wildman–Crippen MR) is 155 cm³/mol. The summed E-state index contributed by atoms with van der Waals surface area (Å²) in [6, 6.07) is 21.7. The van der Waals surface area contributed by atoms with Gasteiger partial charge in [-0.3, -0.25) is 0 Å². The van der Waals surface area contributed by atoms with Crippen molar-refractivity contribution in [2.75, 3.05) is 0 Å². The van der Waals surface area contributed by atoms with Crippen molar-refractivity contribution in [1.82, 2.24) is 0 Å². The fourth-order valence-electron chi connectivity index (χ4n) is 5.05. The number of rotatable bonds is 10. The van der Waals surface area contributed by atoms with Crippen molar-refractivity contribution in [3.05, 3.63) is 85.0 Å². The molecule has 4 heteroatoms. The maximum Gasteiger partial charge on any atom is 0.261 e. The third-order valence-corrected chi connectivity index (χ3v) is 12.7. The van der Waals surface area contributed by atoms with E-state index in [-0.39, 0.29) is 28.2 Å². The van der Waals surface area contributed by atoms with Crippen molar-refractivity contribution in [3.8, 4) is 12.3 Å². The summed E-state index contributed by atoms with van der Waals surface area (Å²) in [5, 5.41) is 2.51. The van der Waals surface area contributed by atoms with Crippen molar-refractivity contribution < 1.29 is 9.16 Å². The van der Waals surface area contributed by atoms with Crippen LogP contribution in [0.5, 0.6) is 0 Å². The molecule has 0 radical (unpaired) electrons. The second kappa shape index (κ2) is 12.9. The van der Waals surface area contributed by atoms with Gasteiger partial charge >= 0.3 is 0 Å². The van der Waals surface area contributed by atoms with Crippen molar-refractivity contribution in [2.45, 2.75) is 81.6 Å². The number of alkyl halides is 1. The Morgan fingerprint density at radius 1 is 1.06 bits per heavy atom. The molecule has 2 aromatic carbocycles. The highest BCUT2D eigenvalue weighted by molar-refractivity contribution is 9.09. The van der Waals surface area contributed by atoms with Crippen LogP contribution in [0.4, 0.5) is 0 Å². The zero-order valence-electron chi connectivity index (χ0n) is 21.5. The van der Waals surface area contributed by atoms with E-state index in [0.717, 1.165) is 25.7 Å². The van der Waals surface area contributed by atoms with Crippen LogP contribution in [0.15, 0.2) is 85.0 Å². The molecule has 0 aromatic heterocycles. The van der Waals surface area contributed by atoms with Gasteiger partial charge in [0.1, 0.15) is 0 Å². The van der Waals surface area contributed by atoms with Crippen LogP contribution in [0.3, 0.4) is 0 Å². The van der Waals surface area contributed by atoms with Crippen molar-refractivity contribution in [1.29, 1.82) is 0 Å². The molecule has 1 saturated heterocycles. The number of terminal acetylenes is 1. The molecule has 4 atom stereocenters. The molecule has 0 amide bonds. The van der Waals surface area contributed by atoms with E-state index >= 15 is 0 Å². The summed E-state index contributed by atoms with van der Waals surface area (Å²) in [4.78, 5) is 0.247. The average molecular weight is 552 g/mol. The van der Waals surface area contributed by atoms with E-state index in [0.29, 0.717) is 0 Å². The molecule has 1 aliphatic rings. The lowest BCUT2D eigenvalue weighted by Crippen LogP contribution is -2.68. The molecule has 2 aromatic rings. The van der Waals surface area contributed by atoms with Gasteiger partial charge in [-0.1, -0.05) is 128 Å². The molecule has 1 heterocycles. The molecule has 3 rings (SSSR count). The number of benzene rings is 2. The van der Waals surface area contributed by atoms with Crippen LogP contribution in [-0.2, 0) is 9.16 Å². The first-order chi connectivity index (χ1) is 16.8. The minimum Gasteiger partial charge on any atom is -0.402 e. The molecule has 0 bridgehead atoms. The number of hydrogen-bond donors (Lipinski definition) is 0. The first kappa shape index (κ1) is 27.7. The van der Waals surface area contributed by atoms with Crippen LogP contribution in [-0.4, -0.2) is 31.5 Å². The molecule has 35 heavy (non-hydrogen) atoms. The standard InChI is InChI=1S/C31H39BrO2Si/c1-6-8-12-22-27(32)29-24-30(28(33-29)23-13-9-7-2)34-35(31(3,4)5,25-18-14-10-15-19-25)26-20-16-11-17-21-26/h2,8-21,27-30H,6,22-24H2,1,3-5H3/b12-8+,13-9+/t27-,28-,29-,30+/m1/s1. The molecule has 0 aliphatic carbocycles. The summed E-state index contributed by atoms with van der Waals surface area (Å²) in [5.41, 5.74) is 0. The second-order valence-electron chi connectivity index (χ2n) is 10.2. The summed E-state index contributed by atoms with van der Waals surface area (Å²) in [5.74, 6) is 2.61. The highest BCUT2D eigenvalue weighted by atomic mass is 79.9. The molecule has 0 unspecified atom stereocenters. The van der Waals surface area contributed by atoms with Crippen LogP contribution in [0.2, 0.25) is 5.04 Å². The molecule has 0 spiro atoms. The second-order valence-corrected chi connectivity index (χ2v) is 15.6. The summed E-state index contributed by atoms with van der Waals surface area (Å²) >= 11 is 3.91. The van der Waals surface area contributed by atoms with Crippen molar-refractivity contribution >= 4 is 34.6 Å². The first-order valence-electron chi connectivity index (χ1n) is 12.7. The van der Waals surface area contributed by atoms with Gasteiger partial charge in [0.25, 0.3) is 8.32 Å².